The Bertz CT molecular complexity index is 680. The Balaban J connectivity index is 1.85. The highest BCUT2D eigenvalue weighted by atomic mass is 32.1. The summed E-state index contributed by atoms with van der Waals surface area (Å²) in [6.07, 6.45) is -0.355. The number of rotatable bonds is 3. The van der Waals surface area contributed by atoms with Crippen LogP contribution in [0.15, 0.2) is 36.4 Å². The van der Waals surface area contributed by atoms with Crippen LogP contribution in [0.5, 0.6) is 0 Å². The summed E-state index contributed by atoms with van der Waals surface area (Å²) >= 11 is 1.36. The molecule has 0 amide bonds. The molecule has 1 aromatic carbocycles. The first-order valence-electron chi connectivity index (χ1n) is 6.16. The van der Waals surface area contributed by atoms with Crippen molar-refractivity contribution in [1.29, 1.82) is 5.26 Å². The molecule has 2 heterocycles. The van der Waals surface area contributed by atoms with E-state index in [9.17, 15) is 4.79 Å². The Labute approximate surface area is 120 Å². The van der Waals surface area contributed by atoms with Crippen LogP contribution in [0.1, 0.15) is 32.0 Å². The van der Waals surface area contributed by atoms with Gasteiger partial charge in [-0.1, -0.05) is 12.1 Å². The van der Waals surface area contributed by atoms with E-state index in [0.717, 1.165) is 4.88 Å². The molecule has 0 radical (unpaired) electrons. The van der Waals surface area contributed by atoms with E-state index in [1.165, 1.54) is 11.3 Å². The number of thiophene rings is 1. The molecule has 0 bridgehead atoms. The molecule has 5 heteroatoms. The monoisotopic (exact) mass is 285 g/mol. The topological polar surface area (TPSA) is 59.3 Å². The molecule has 4 nitrogen and oxygen atoms in total. The zero-order valence-electron chi connectivity index (χ0n) is 10.5. The number of nitriles is 1. The maximum atomic E-state index is 12.4. The summed E-state index contributed by atoms with van der Waals surface area (Å²) in [5.74, 6) is -0.0867. The summed E-state index contributed by atoms with van der Waals surface area (Å²) in [7, 11) is 0. The standard InChI is InChI=1S/C15H11NO3S/c16-9-10-2-1-3-11(8-10)14(17)12-4-5-13(20-12)15-18-6-7-19-15/h1-5,8,15H,6-7H2. The van der Waals surface area contributed by atoms with Gasteiger partial charge in [-0.15, -0.1) is 11.3 Å². The molecule has 0 aliphatic carbocycles. The number of hydrogen-bond donors (Lipinski definition) is 0. The van der Waals surface area contributed by atoms with E-state index in [1.807, 2.05) is 12.1 Å². The van der Waals surface area contributed by atoms with Crippen LogP contribution in [-0.2, 0) is 9.47 Å². The molecule has 2 aromatic rings. The lowest BCUT2D eigenvalue weighted by atomic mass is 10.1. The van der Waals surface area contributed by atoms with Crippen LogP contribution >= 0.6 is 11.3 Å². The van der Waals surface area contributed by atoms with Crippen molar-refractivity contribution < 1.29 is 14.3 Å². The number of hydrogen-bond acceptors (Lipinski definition) is 5. The molecule has 1 saturated heterocycles. The summed E-state index contributed by atoms with van der Waals surface area (Å²) in [6, 6.07) is 12.4. The average molecular weight is 285 g/mol. The quantitative estimate of drug-likeness (QED) is 0.814. The number of benzene rings is 1. The Morgan fingerprint density at radius 3 is 2.80 bits per heavy atom. The molecule has 1 aliphatic rings. The van der Waals surface area contributed by atoms with E-state index in [-0.39, 0.29) is 12.1 Å². The number of nitrogens with zero attached hydrogens (tertiary/aromatic N) is 1. The van der Waals surface area contributed by atoms with Gasteiger partial charge in [-0.2, -0.15) is 5.26 Å². The SMILES string of the molecule is N#Cc1cccc(C(=O)c2ccc(C3OCCO3)s2)c1. The van der Waals surface area contributed by atoms with Crippen molar-refractivity contribution in [2.24, 2.45) is 0 Å². The average Bonchev–Trinajstić information content (AvgIpc) is 3.17. The van der Waals surface area contributed by atoms with Gasteiger partial charge in [-0.25, -0.2) is 0 Å². The van der Waals surface area contributed by atoms with Crippen molar-refractivity contribution in [3.8, 4) is 6.07 Å². The molecule has 0 spiro atoms. The van der Waals surface area contributed by atoms with Crippen molar-refractivity contribution in [2.75, 3.05) is 13.2 Å². The van der Waals surface area contributed by atoms with E-state index < -0.39 is 0 Å². The fraction of sp³-hybridized carbons (Fsp3) is 0.200. The van der Waals surface area contributed by atoms with E-state index in [4.69, 9.17) is 14.7 Å². The minimum absolute atomic E-state index is 0.0867. The highest BCUT2D eigenvalue weighted by molar-refractivity contribution is 7.14. The van der Waals surface area contributed by atoms with Crippen LogP contribution in [0.25, 0.3) is 0 Å². The maximum Gasteiger partial charge on any atom is 0.202 e. The minimum atomic E-state index is -0.355. The lowest BCUT2D eigenvalue weighted by Crippen LogP contribution is -1.98. The number of carbonyl (C=O) groups is 1. The third-order valence-electron chi connectivity index (χ3n) is 2.96. The molecule has 0 unspecified atom stereocenters. The van der Waals surface area contributed by atoms with Gasteiger partial charge >= 0.3 is 0 Å². The largest absolute Gasteiger partial charge is 0.345 e. The third kappa shape index (κ3) is 2.49. The van der Waals surface area contributed by atoms with Crippen LogP contribution in [-0.4, -0.2) is 19.0 Å². The zero-order valence-corrected chi connectivity index (χ0v) is 11.4. The van der Waals surface area contributed by atoms with Crippen LogP contribution in [0.3, 0.4) is 0 Å². The summed E-state index contributed by atoms with van der Waals surface area (Å²) in [5, 5.41) is 8.87. The van der Waals surface area contributed by atoms with Gasteiger partial charge in [0.15, 0.2) is 6.29 Å². The molecule has 1 aliphatic heterocycles. The first kappa shape index (κ1) is 13.0. The Hall–Kier alpha value is -2.00. The highest BCUT2D eigenvalue weighted by Gasteiger charge is 2.22. The zero-order chi connectivity index (χ0) is 13.9. The first-order valence-corrected chi connectivity index (χ1v) is 6.97. The second-order valence-electron chi connectivity index (χ2n) is 4.30. The Morgan fingerprint density at radius 2 is 2.05 bits per heavy atom. The number of carbonyl (C=O) groups excluding carboxylic acids is 1. The van der Waals surface area contributed by atoms with Crippen molar-refractivity contribution in [3.63, 3.8) is 0 Å². The Morgan fingerprint density at radius 1 is 1.25 bits per heavy atom. The lowest BCUT2D eigenvalue weighted by Gasteiger charge is -2.04. The van der Waals surface area contributed by atoms with Gasteiger partial charge in [0.1, 0.15) is 0 Å². The highest BCUT2D eigenvalue weighted by Crippen LogP contribution is 2.30. The van der Waals surface area contributed by atoms with E-state index in [2.05, 4.69) is 0 Å². The van der Waals surface area contributed by atoms with Gasteiger partial charge in [0.05, 0.1) is 34.6 Å². The predicted octanol–water partition coefficient (Wildman–Crippen LogP) is 2.90. The van der Waals surface area contributed by atoms with Crippen molar-refractivity contribution in [2.45, 2.75) is 6.29 Å². The van der Waals surface area contributed by atoms with Gasteiger partial charge in [0.2, 0.25) is 5.78 Å². The van der Waals surface area contributed by atoms with E-state index >= 15 is 0 Å². The first-order chi connectivity index (χ1) is 9.78. The molecule has 0 atom stereocenters. The van der Waals surface area contributed by atoms with E-state index in [1.54, 1.807) is 30.3 Å². The van der Waals surface area contributed by atoms with Crippen LogP contribution in [0, 0.1) is 11.3 Å². The van der Waals surface area contributed by atoms with Gasteiger partial charge in [-0.05, 0) is 24.3 Å². The molecule has 100 valence electrons. The lowest BCUT2D eigenvalue weighted by molar-refractivity contribution is -0.0413. The molecule has 1 fully saturated rings. The number of ether oxygens (including phenoxy) is 2. The minimum Gasteiger partial charge on any atom is -0.345 e. The van der Waals surface area contributed by atoms with E-state index in [0.29, 0.717) is 29.2 Å². The Kier molecular flexibility index (Phi) is 3.61. The van der Waals surface area contributed by atoms with Crippen LogP contribution in [0.2, 0.25) is 0 Å². The molecular weight excluding hydrogens is 274 g/mol. The molecule has 0 N–H and O–H groups in total. The molecule has 3 rings (SSSR count). The van der Waals surface area contributed by atoms with Crippen molar-refractivity contribution in [3.05, 3.63) is 57.3 Å². The molecule has 1 aromatic heterocycles. The van der Waals surface area contributed by atoms with Crippen LogP contribution in [0.4, 0.5) is 0 Å². The van der Waals surface area contributed by atoms with Gasteiger partial charge in [-0.3, -0.25) is 4.79 Å². The fourth-order valence-corrected chi connectivity index (χ4v) is 2.97. The number of ketones is 1. The second kappa shape index (κ2) is 5.55. The smallest absolute Gasteiger partial charge is 0.202 e. The van der Waals surface area contributed by atoms with Gasteiger partial charge in [0.25, 0.3) is 0 Å². The summed E-state index contributed by atoms with van der Waals surface area (Å²) in [4.78, 5) is 13.9. The maximum absolute atomic E-state index is 12.4. The summed E-state index contributed by atoms with van der Waals surface area (Å²) in [5.41, 5.74) is 1.00. The predicted molar refractivity (Wildman–Crippen MR) is 73.6 cm³/mol. The van der Waals surface area contributed by atoms with Crippen LogP contribution < -0.4 is 0 Å². The second-order valence-corrected chi connectivity index (χ2v) is 5.41. The van der Waals surface area contributed by atoms with Crippen molar-refractivity contribution >= 4 is 17.1 Å². The molecule has 0 saturated carbocycles. The third-order valence-corrected chi connectivity index (χ3v) is 4.06. The summed E-state index contributed by atoms with van der Waals surface area (Å²) in [6.45, 7) is 1.16. The normalized spacial score (nSPS) is 15.2. The fourth-order valence-electron chi connectivity index (χ4n) is 2.00. The molecule has 20 heavy (non-hydrogen) atoms. The summed E-state index contributed by atoms with van der Waals surface area (Å²) < 4.78 is 10.8. The van der Waals surface area contributed by atoms with Crippen molar-refractivity contribution in [1.82, 2.24) is 0 Å². The van der Waals surface area contributed by atoms with Gasteiger partial charge in [0, 0.05) is 5.56 Å². The molecular formula is C15H11NO3S. The van der Waals surface area contributed by atoms with Gasteiger partial charge < -0.3 is 9.47 Å².